The molecule has 24 heavy (non-hydrogen) atoms. The van der Waals surface area contributed by atoms with Crippen LogP contribution in [0.15, 0.2) is 42.5 Å². The zero-order valence-electron chi connectivity index (χ0n) is 13.0. The minimum atomic E-state index is -0.774. The van der Waals surface area contributed by atoms with Crippen LogP contribution in [0.4, 0.5) is 5.69 Å². The normalized spacial score (nSPS) is 11.5. The highest BCUT2D eigenvalue weighted by atomic mass is 35.5. The summed E-state index contributed by atoms with van der Waals surface area (Å²) in [5.74, 6) is -0.419. The predicted octanol–water partition coefficient (Wildman–Crippen LogP) is 4.19. The van der Waals surface area contributed by atoms with Crippen molar-refractivity contribution < 1.29 is 19.1 Å². The molecule has 0 saturated carbocycles. The molecule has 7 heteroatoms. The number of esters is 1. The van der Waals surface area contributed by atoms with Crippen molar-refractivity contribution in [1.82, 2.24) is 0 Å². The number of methoxy groups -OCH3 is 1. The van der Waals surface area contributed by atoms with Crippen molar-refractivity contribution in [1.29, 1.82) is 0 Å². The standard InChI is InChI=1S/C17H15Cl2NO4/c1-10(24-13-6-4-12(18)5-7-13)16(21)20-15-9-11(17(22)23-2)3-8-14(15)19/h3-10H,1-2H3,(H,20,21). The summed E-state index contributed by atoms with van der Waals surface area (Å²) >= 11 is 11.8. The van der Waals surface area contributed by atoms with Crippen LogP contribution in [0.2, 0.25) is 10.0 Å². The van der Waals surface area contributed by atoms with Crippen molar-refractivity contribution in [2.45, 2.75) is 13.0 Å². The highest BCUT2D eigenvalue weighted by molar-refractivity contribution is 6.34. The average molecular weight is 368 g/mol. The fraction of sp³-hybridized carbons (Fsp3) is 0.176. The second-order valence-corrected chi connectivity index (χ2v) is 5.73. The average Bonchev–Trinajstić information content (AvgIpc) is 2.58. The number of hydrogen-bond acceptors (Lipinski definition) is 4. The SMILES string of the molecule is COC(=O)c1ccc(Cl)c(NC(=O)C(C)Oc2ccc(Cl)cc2)c1. The van der Waals surface area contributed by atoms with E-state index in [-0.39, 0.29) is 5.56 Å². The molecule has 1 unspecified atom stereocenters. The maximum atomic E-state index is 12.2. The summed E-state index contributed by atoms with van der Waals surface area (Å²) in [6.07, 6.45) is -0.774. The van der Waals surface area contributed by atoms with Crippen LogP contribution in [0.5, 0.6) is 5.75 Å². The van der Waals surface area contributed by atoms with Gasteiger partial charge in [-0.1, -0.05) is 23.2 Å². The number of anilines is 1. The molecule has 1 atom stereocenters. The summed E-state index contributed by atoms with van der Waals surface area (Å²) in [5.41, 5.74) is 0.583. The number of halogens is 2. The maximum absolute atomic E-state index is 12.2. The topological polar surface area (TPSA) is 64.6 Å². The van der Waals surface area contributed by atoms with E-state index < -0.39 is 18.0 Å². The van der Waals surface area contributed by atoms with Crippen LogP contribution in [-0.4, -0.2) is 25.1 Å². The third kappa shape index (κ3) is 4.63. The Balaban J connectivity index is 2.08. The van der Waals surface area contributed by atoms with Gasteiger partial charge in [-0.3, -0.25) is 4.79 Å². The molecule has 0 fully saturated rings. The van der Waals surface area contributed by atoms with Crippen LogP contribution < -0.4 is 10.1 Å². The van der Waals surface area contributed by atoms with Gasteiger partial charge in [0.1, 0.15) is 5.75 Å². The van der Waals surface area contributed by atoms with Crippen molar-refractivity contribution in [3.63, 3.8) is 0 Å². The fourth-order valence-electron chi connectivity index (χ4n) is 1.87. The van der Waals surface area contributed by atoms with E-state index in [1.807, 2.05) is 0 Å². The molecule has 1 amide bonds. The number of benzene rings is 2. The first kappa shape index (κ1) is 18.1. The summed E-state index contributed by atoms with van der Waals surface area (Å²) in [4.78, 5) is 23.8. The van der Waals surface area contributed by atoms with Crippen LogP contribution in [0.1, 0.15) is 17.3 Å². The Labute approximate surface area is 149 Å². The van der Waals surface area contributed by atoms with Crippen LogP contribution >= 0.6 is 23.2 Å². The predicted molar refractivity (Wildman–Crippen MR) is 93.0 cm³/mol. The van der Waals surface area contributed by atoms with E-state index in [0.717, 1.165) is 0 Å². The Hall–Kier alpha value is -2.24. The van der Waals surface area contributed by atoms with Gasteiger partial charge in [0, 0.05) is 5.02 Å². The number of amides is 1. The Morgan fingerprint density at radius 1 is 1.08 bits per heavy atom. The quantitative estimate of drug-likeness (QED) is 0.804. The number of ether oxygens (including phenoxy) is 2. The molecule has 0 aromatic heterocycles. The van der Waals surface area contributed by atoms with E-state index in [1.54, 1.807) is 31.2 Å². The van der Waals surface area contributed by atoms with Gasteiger partial charge in [0.2, 0.25) is 0 Å². The number of carbonyl (C=O) groups is 2. The molecule has 126 valence electrons. The Bertz CT molecular complexity index is 747. The third-order valence-corrected chi connectivity index (χ3v) is 3.72. The minimum absolute atomic E-state index is 0.281. The second-order valence-electron chi connectivity index (χ2n) is 4.89. The Morgan fingerprint density at radius 3 is 2.38 bits per heavy atom. The van der Waals surface area contributed by atoms with E-state index in [4.69, 9.17) is 27.9 Å². The largest absolute Gasteiger partial charge is 0.481 e. The molecule has 0 aliphatic carbocycles. The molecule has 0 aliphatic rings. The second kappa shape index (κ2) is 8.04. The number of rotatable bonds is 5. The van der Waals surface area contributed by atoms with Gasteiger partial charge < -0.3 is 14.8 Å². The van der Waals surface area contributed by atoms with Crippen molar-refractivity contribution in [2.24, 2.45) is 0 Å². The molecule has 0 spiro atoms. The van der Waals surface area contributed by atoms with E-state index in [2.05, 4.69) is 10.1 Å². The van der Waals surface area contributed by atoms with Gasteiger partial charge >= 0.3 is 5.97 Å². The number of hydrogen-bond donors (Lipinski definition) is 1. The molecule has 0 bridgehead atoms. The van der Waals surface area contributed by atoms with Gasteiger partial charge in [0.25, 0.3) is 5.91 Å². The van der Waals surface area contributed by atoms with E-state index in [1.165, 1.54) is 25.3 Å². The summed E-state index contributed by atoms with van der Waals surface area (Å²) in [6.45, 7) is 1.60. The van der Waals surface area contributed by atoms with Crippen molar-refractivity contribution in [3.05, 3.63) is 58.1 Å². The maximum Gasteiger partial charge on any atom is 0.337 e. The van der Waals surface area contributed by atoms with Crippen molar-refractivity contribution in [3.8, 4) is 5.75 Å². The lowest BCUT2D eigenvalue weighted by molar-refractivity contribution is -0.122. The van der Waals surface area contributed by atoms with Crippen molar-refractivity contribution >= 4 is 40.8 Å². The van der Waals surface area contributed by atoms with Gasteiger partial charge in [-0.15, -0.1) is 0 Å². The summed E-state index contributed by atoms with van der Waals surface area (Å²) in [7, 11) is 1.28. The molecule has 2 rings (SSSR count). The molecule has 0 saturated heterocycles. The van der Waals surface area contributed by atoms with E-state index in [0.29, 0.717) is 21.5 Å². The molecular weight excluding hydrogens is 353 g/mol. The first-order chi connectivity index (χ1) is 11.4. The fourth-order valence-corrected chi connectivity index (χ4v) is 2.16. The Morgan fingerprint density at radius 2 is 1.75 bits per heavy atom. The van der Waals surface area contributed by atoms with Crippen LogP contribution in [0.25, 0.3) is 0 Å². The number of carbonyl (C=O) groups excluding carboxylic acids is 2. The number of nitrogens with one attached hydrogen (secondary N) is 1. The van der Waals surface area contributed by atoms with Crippen LogP contribution in [0.3, 0.4) is 0 Å². The zero-order chi connectivity index (χ0) is 17.7. The lowest BCUT2D eigenvalue weighted by Gasteiger charge is -2.15. The smallest absolute Gasteiger partial charge is 0.337 e. The first-order valence-corrected chi connectivity index (χ1v) is 7.77. The van der Waals surface area contributed by atoms with E-state index >= 15 is 0 Å². The minimum Gasteiger partial charge on any atom is -0.481 e. The van der Waals surface area contributed by atoms with Gasteiger partial charge in [-0.25, -0.2) is 4.79 Å². The molecule has 0 radical (unpaired) electrons. The van der Waals surface area contributed by atoms with Gasteiger partial charge in [-0.05, 0) is 49.4 Å². The highest BCUT2D eigenvalue weighted by Crippen LogP contribution is 2.24. The third-order valence-electron chi connectivity index (χ3n) is 3.14. The highest BCUT2D eigenvalue weighted by Gasteiger charge is 2.17. The first-order valence-electron chi connectivity index (χ1n) is 7.01. The van der Waals surface area contributed by atoms with Crippen LogP contribution in [-0.2, 0) is 9.53 Å². The molecule has 1 N–H and O–H groups in total. The monoisotopic (exact) mass is 367 g/mol. The van der Waals surface area contributed by atoms with Crippen molar-refractivity contribution in [2.75, 3.05) is 12.4 Å². The molecular formula is C17H15Cl2NO4. The zero-order valence-corrected chi connectivity index (χ0v) is 14.5. The lowest BCUT2D eigenvalue weighted by Crippen LogP contribution is -2.30. The summed E-state index contributed by atoms with van der Waals surface area (Å²) in [6, 6.07) is 11.1. The summed E-state index contributed by atoms with van der Waals surface area (Å²) < 4.78 is 10.2. The van der Waals surface area contributed by atoms with Gasteiger partial charge in [0.15, 0.2) is 6.10 Å². The van der Waals surface area contributed by atoms with E-state index in [9.17, 15) is 9.59 Å². The van der Waals surface area contributed by atoms with Crippen LogP contribution in [0, 0.1) is 0 Å². The van der Waals surface area contributed by atoms with Gasteiger partial charge in [-0.2, -0.15) is 0 Å². The molecule has 5 nitrogen and oxygen atoms in total. The Kier molecular flexibility index (Phi) is 6.06. The molecule has 2 aromatic carbocycles. The molecule has 0 heterocycles. The molecule has 0 aliphatic heterocycles. The lowest BCUT2D eigenvalue weighted by atomic mass is 10.2. The van der Waals surface area contributed by atoms with Gasteiger partial charge in [0.05, 0.1) is 23.4 Å². The molecule has 2 aromatic rings. The summed E-state index contributed by atoms with van der Waals surface area (Å²) in [5, 5.41) is 3.51.